The number of benzene rings is 4. The molecule has 1 heterocycles. The fourth-order valence-electron chi connectivity index (χ4n) is 4.50. The maximum absolute atomic E-state index is 13.2. The number of ether oxygens (including phenoxy) is 1. The number of aromatic hydroxyl groups is 1. The highest BCUT2D eigenvalue weighted by Crippen LogP contribution is 2.36. The van der Waals surface area contributed by atoms with Crippen LogP contribution in [0.2, 0.25) is 0 Å². The molecule has 0 bridgehead atoms. The highest BCUT2D eigenvalue weighted by molar-refractivity contribution is 6.09. The first kappa shape index (κ1) is 25.8. The van der Waals surface area contributed by atoms with Crippen LogP contribution in [0.3, 0.4) is 0 Å². The van der Waals surface area contributed by atoms with Crippen molar-refractivity contribution < 1.29 is 32.6 Å². The second-order valence-corrected chi connectivity index (χ2v) is 9.06. The Kier molecular flexibility index (Phi) is 6.98. The number of carbonyl (C=O) groups is 2. The molecule has 1 aliphatic rings. The quantitative estimate of drug-likeness (QED) is 0.300. The van der Waals surface area contributed by atoms with Gasteiger partial charge in [-0.15, -0.1) is 0 Å². The number of nitrogens with one attached hydrogen (secondary N) is 1. The molecule has 6 nitrogen and oxygen atoms in total. The van der Waals surface area contributed by atoms with Crippen molar-refractivity contribution in [2.24, 2.45) is 0 Å². The third kappa shape index (κ3) is 5.72. The lowest BCUT2D eigenvalue weighted by Crippen LogP contribution is -2.37. The zero-order chi connectivity index (χ0) is 27.6. The van der Waals surface area contributed by atoms with Crippen LogP contribution in [0, 0.1) is 0 Å². The SMILES string of the molecule is O=C(Nc1ccc2c(c1)CCN(C(=O)Oc1ccccc1)C2)c1cccc(O)c1-c1ccc(C(F)(F)F)cc1. The molecule has 4 aromatic carbocycles. The summed E-state index contributed by atoms with van der Waals surface area (Å²) in [5, 5.41) is 13.3. The van der Waals surface area contributed by atoms with Gasteiger partial charge in [-0.25, -0.2) is 4.79 Å². The van der Waals surface area contributed by atoms with E-state index in [1.54, 1.807) is 35.2 Å². The van der Waals surface area contributed by atoms with Gasteiger partial charge >= 0.3 is 12.3 Å². The minimum atomic E-state index is -4.50. The molecule has 198 valence electrons. The molecule has 39 heavy (non-hydrogen) atoms. The molecule has 2 N–H and O–H groups in total. The molecule has 0 fully saturated rings. The molecule has 0 unspecified atom stereocenters. The molecule has 4 aromatic rings. The number of alkyl halides is 3. The number of rotatable bonds is 4. The van der Waals surface area contributed by atoms with Gasteiger partial charge in [0.2, 0.25) is 0 Å². The lowest BCUT2D eigenvalue weighted by Gasteiger charge is -2.28. The Labute approximate surface area is 222 Å². The van der Waals surface area contributed by atoms with E-state index in [1.807, 2.05) is 18.2 Å². The van der Waals surface area contributed by atoms with E-state index in [-0.39, 0.29) is 22.4 Å². The van der Waals surface area contributed by atoms with Gasteiger partial charge < -0.3 is 20.1 Å². The largest absolute Gasteiger partial charge is 0.507 e. The van der Waals surface area contributed by atoms with Crippen LogP contribution in [0.1, 0.15) is 27.0 Å². The number of hydrogen-bond donors (Lipinski definition) is 2. The summed E-state index contributed by atoms with van der Waals surface area (Å²) < 4.78 is 44.4. The maximum Gasteiger partial charge on any atom is 0.416 e. The fraction of sp³-hybridized carbons (Fsp3) is 0.133. The zero-order valence-corrected chi connectivity index (χ0v) is 20.5. The molecular formula is C30H23F3N2O4. The summed E-state index contributed by atoms with van der Waals surface area (Å²) in [5.74, 6) is -0.283. The molecule has 1 aliphatic heterocycles. The number of phenolic OH excluding ortho intramolecular Hbond substituents is 1. The number of carbonyl (C=O) groups excluding carboxylic acids is 2. The smallest absolute Gasteiger partial charge is 0.416 e. The van der Waals surface area contributed by atoms with E-state index in [2.05, 4.69) is 5.32 Å². The van der Waals surface area contributed by atoms with Gasteiger partial charge in [-0.2, -0.15) is 13.2 Å². The van der Waals surface area contributed by atoms with Crippen molar-refractivity contribution in [3.8, 4) is 22.6 Å². The Morgan fingerprint density at radius 2 is 1.62 bits per heavy atom. The predicted molar refractivity (Wildman–Crippen MR) is 140 cm³/mol. The van der Waals surface area contributed by atoms with Crippen LogP contribution in [0.4, 0.5) is 23.7 Å². The average Bonchev–Trinajstić information content (AvgIpc) is 2.92. The van der Waals surface area contributed by atoms with Crippen molar-refractivity contribution in [2.45, 2.75) is 19.1 Å². The average molecular weight is 533 g/mol. The second kappa shape index (κ2) is 10.5. The van der Waals surface area contributed by atoms with Crippen LogP contribution >= 0.6 is 0 Å². The van der Waals surface area contributed by atoms with E-state index >= 15 is 0 Å². The monoisotopic (exact) mass is 532 g/mol. The van der Waals surface area contributed by atoms with E-state index in [1.165, 1.54) is 30.3 Å². The van der Waals surface area contributed by atoms with Crippen LogP contribution in [0.5, 0.6) is 11.5 Å². The Morgan fingerprint density at radius 3 is 2.33 bits per heavy atom. The van der Waals surface area contributed by atoms with E-state index < -0.39 is 23.7 Å². The molecule has 0 saturated carbocycles. The van der Waals surface area contributed by atoms with Crippen molar-refractivity contribution in [3.05, 3.63) is 113 Å². The lowest BCUT2D eigenvalue weighted by molar-refractivity contribution is -0.137. The summed E-state index contributed by atoms with van der Waals surface area (Å²) in [6, 6.07) is 22.8. The number of para-hydroxylation sites is 1. The van der Waals surface area contributed by atoms with E-state index in [9.17, 15) is 27.9 Å². The summed E-state index contributed by atoms with van der Waals surface area (Å²) in [7, 11) is 0. The fourth-order valence-corrected chi connectivity index (χ4v) is 4.50. The molecule has 0 aliphatic carbocycles. The van der Waals surface area contributed by atoms with Crippen LogP contribution in [-0.2, 0) is 19.1 Å². The summed E-state index contributed by atoms with van der Waals surface area (Å²) in [5.41, 5.74) is 2.10. The number of phenols is 1. The Balaban J connectivity index is 1.31. The Morgan fingerprint density at radius 1 is 0.872 bits per heavy atom. The van der Waals surface area contributed by atoms with Crippen molar-refractivity contribution in [1.82, 2.24) is 4.90 Å². The highest BCUT2D eigenvalue weighted by atomic mass is 19.4. The summed E-state index contributed by atoms with van der Waals surface area (Å²) in [6.45, 7) is 0.806. The van der Waals surface area contributed by atoms with Gasteiger partial charge in [0, 0.05) is 24.3 Å². The van der Waals surface area contributed by atoms with Crippen molar-refractivity contribution >= 4 is 17.7 Å². The standard InChI is InChI=1S/C30H23F3N2O4/c31-30(32,33)22-12-9-19(10-13-22)27-25(7-4-8-26(27)36)28(37)34-23-14-11-21-18-35(16-15-20(21)17-23)29(38)39-24-5-2-1-3-6-24/h1-14,17,36H,15-16,18H2,(H,34,37). The van der Waals surface area contributed by atoms with Gasteiger partial charge in [0.25, 0.3) is 5.91 Å². The Bertz CT molecular complexity index is 1520. The van der Waals surface area contributed by atoms with Gasteiger partial charge in [0.15, 0.2) is 0 Å². The van der Waals surface area contributed by atoms with E-state index in [4.69, 9.17) is 4.74 Å². The minimum Gasteiger partial charge on any atom is -0.507 e. The van der Waals surface area contributed by atoms with Crippen LogP contribution < -0.4 is 10.1 Å². The van der Waals surface area contributed by atoms with Crippen molar-refractivity contribution in [1.29, 1.82) is 0 Å². The maximum atomic E-state index is 13.2. The van der Waals surface area contributed by atoms with Crippen LogP contribution in [0.15, 0.2) is 91.0 Å². The normalized spacial score (nSPS) is 12.9. The van der Waals surface area contributed by atoms with Gasteiger partial charge in [-0.3, -0.25) is 4.79 Å². The van der Waals surface area contributed by atoms with Gasteiger partial charge in [0.05, 0.1) is 11.1 Å². The van der Waals surface area contributed by atoms with E-state index in [0.29, 0.717) is 30.9 Å². The Hall–Kier alpha value is -4.79. The third-order valence-electron chi connectivity index (χ3n) is 6.47. The van der Waals surface area contributed by atoms with Crippen molar-refractivity contribution in [2.75, 3.05) is 11.9 Å². The zero-order valence-electron chi connectivity index (χ0n) is 20.5. The minimum absolute atomic E-state index is 0.113. The number of anilines is 1. The first-order valence-corrected chi connectivity index (χ1v) is 12.1. The van der Waals surface area contributed by atoms with Crippen LogP contribution in [0.25, 0.3) is 11.1 Å². The number of halogens is 3. The van der Waals surface area contributed by atoms with Gasteiger partial charge in [-0.1, -0.05) is 42.5 Å². The van der Waals surface area contributed by atoms with Gasteiger partial charge in [0.1, 0.15) is 11.5 Å². The predicted octanol–water partition coefficient (Wildman–Crippen LogP) is 6.89. The number of nitrogens with zero attached hydrogens (tertiary/aromatic N) is 1. The lowest BCUT2D eigenvalue weighted by atomic mass is 9.96. The number of amides is 2. The molecule has 0 aromatic heterocycles. The molecule has 0 saturated heterocycles. The third-order valence-corrected chi connectivity index (χ3v) is 6.47. The van der Waals surface area contributed by atoms with Crippen molar-refractivity contribution in [3.63, 3.8) is 0 Å². The van der Waals surface area contributed by atoms with E-state index in [0.717, 1.165) is 23.3 Å². The summed E-state index contributed by atoms with van der Waals surface area (Å²) in [4.78, 5) is 27.4. The molecule has 0 atom stereocenters. The number of fused-ring (bicyclic) bond motifs is 1. The second-order valence-electron chi connectivity index (χ2n) is 9.06. The van der Waals surface area contributed by atoms with Crippen LogP contribution in [-0.4, -0.2) is 28.6 Å². The first-order valence-electron chi connectivity index (χ1n) is 12.1. The molecule has 0 radical (unpaired) electrons. The first-order chi connectivity index (χ1) is 18.7. The molecule has 5 rings (SSSR count). The molecular weight excluding hydrogens is 509 g/mol. The number of hydrogen-bond acceptors (Lipinski definition) is 4. The molecule has 0 spiro atoms. The summed E-state index contributed by atoms with van der Waals surface area (Å²) in [6.07, 6.45) is -4.38. The topological polar surface area (TPSA) is 78.9 Å². The summed E-state index contributed by atoms with van der Waals surface area (Å²) >= 11 is 0. The highest BCUT2D eigenvalue weighted by Gasteiger charge is 2.30. The molecule has 2 amide bonds. The molecule has 9 heteroatoms. The van der Waals surface area contributed by atoms with Gasteiger partial charge in [-0.05, 0) is 71.6 Å².